The fraction of sp³-hybridized carbons (Fsp3) is 0.625. The van der Waals surface area contributed by atoms with Gasteiger partial charge in [0.05, 0.1) is 5.70 Å². The Bertz CT molecular complexity index is 161. The molecule has 0 spiro atoms. The predicted octanol–water partition coefficient (Wildman–Crippen LogP) is 1.23. The molecule has 56 valence electrons. The summed E-state index contributed by atoms with van der Waals surface area (Å²) in [6, 6.07) is 0. The Labute approximate surface area is 61.3 Å². The zero-order valence-electron chi connectivity index (χ0n) is 6.31. The van der Waals surface area contributed by atoms with Crippen LogP contribution in [0.15, 0.2) is 11.8 Å². The van der Waals surface area contributed by atoms with E-state index in [0.29, 0.717) is 6.42 Å². The lowest BCUT2D eigenvalue weighted by Crippen LogP contribution is -2.23. The van der Waals surface area contributed by atoms with Crippen molar-refractivity contribution in [3.63, 3.8) is 0 Å². The Morgan fingerprint density at radius 2 is 2.60 bits per heavy atom. The number of Topliss-reactive ketones (excluding diaryl/α,β-unsaturated/α-hetero) is 1. The van der Waals surface area contributed by atoms with E-state index in [4.69, 9.17) is 0 Å². The maximum absolute atomic E-state index is 11.0. The highest BCUT2D eigenvalue weighted by atomic mass is 16.1. The topological polar surface area (TPSA) is 29.1 Å². The fourth-order valence-corrected chi connectivity index (χ4v) is 1.05. The molecule has 1 rings (SSSR count). The van der Waals surface area contributed by atoms with Crippen LogP contribution in [0.5, 0.6) is 0 Å². The minimum Gasteiger partial charge on any atom is -0.382 e. The van der Waals surface area contributed by atoms with Crippen molar-refractivity contribution in [1.82, 2.24) is 5.32 Å². The summed E-state index contributed by atoms with van der Waals surface area (Å²) < 4.78 is 0. The molecule has 0 fully saturated rings. The lowest BCUT2D eigenvalue weighted by Gasteiger charge is -2.12. The molecule has 0 radical (unpaired) electrons. The summed E-state index contributed by atoms with van der Waals surface area (Å²) in [5, 5.41) is 3.08. The van der Waals surface area contributed by atoms with Crippen LogP contribution in [0.1, 0.15) is 26.2 Å². The van der Waals surface area contributed by atoms with Gasteiger partial charge in [-0.15, -0.1) is 0 Å². The molecule has 1 heterocycles. The van der Waals surface area contributed by atoms with Gasteiger partial charge in [0.25, 0.3) is 0 Å². The van der Waals surface area contributed by atoms with Crippen molar-refractivity contribution >= 4 is 5.78 Å². The van der Waals surface area contributed by atoms with E-state index in [2.05, 4.69) is 5.32 Å². The first-order valence-corrected chi connectivity index (χ1v) is 3.82. The third-order valence-corrected chi connectivity index (χ3v) is 1.67. The molecule has 0 atom stereocenters. The van der Waals surface area contributed by atoms with E-state index in [9.17, 15) is 4.79 Å². The van der Waals surface area contributed by atoms with E-state index in [-0.39, 0.29) is 5.78 Å². The largest absolute Gasteiger partial charge is 0.382 e. The number of carbonyl (C=O) groups is 1. The van der Waals surface area contributed by atoms with Gasteiger partial charge in [0.1, 0.15) is 0 Å². The van der Waals surface area contributed by atoms with Crippen molar-refractivity contribution in [3.05, 3.63) is 11.8 Å². The van der Waals surface area contributed by atoms with Crippen LogP contribution in [0.3, 0.4) is 0 Å². The van der Waals surface area contributed by atoms with Crippen molar-refractivity contribution in [2.24, 2.45) is 0 Å². The number of hydrogen-bond acceptors (Lipinski definition) is 2. The highest BCUT2D eigenvalue weighted by Gasteiger charge is 2.07. The molecule has 0 amide bonds. The Hall–Kier alpha value is -0.790. The van der Waals surface area contributed by atoms with Gasteiger partial charge in [-0.2, -0.15) is 0 Å². The molecule has 0 saturated heterocycles. The van der Waals surface area contributed by atoms with Gasteiger partial charge in [-0.05, 0) is 12.8 Å². The monoisotopic (exact) mass is 139 g/mol. The zero-order valence-corrected chi connectivity index (χ0v) is 6.31. The van der Waals surface area contributed by atoms with E-state index < -0.39 is 0 Å². The summed E-state index contributed by atoms with van der Waals surface area (Å²) in [6.45, 7) is 2.84. The molecule has 1 N–H and O–H groups in total. The molecule has 0 aromatic rings. The molecule has 1 aliphatic heterocycles. The first kappa shape index (κ1) is 7.32. The van der Waals surface area contributed by atoms with Gasteiger partial charge in [0.15, 0.2) is 5.78 Å². The van der Waals surface area contributed by atoms with Crippen molar-refractivity contribution in [2.45, 2.75) is 26.2 Å². The van der Waals surface area contributed by atoms with Crippen LogP contribution >= 0.6 is 0 Å². The van der Waals surface area contributed by atoms with Gasteiger partial charge < -0.3 is 5.32 Å². The molecular weight excluding hydrogens is 126 g/mol. The van der Waals surface area contributed by atoms with Gasteiger partial charge in [-0.3, -0.25) is 4.79 Å². The van der Waals surface area contributed by atoms with Crippen LogP contribution in [0.2, 0.25) is 0 Å². The lowest BCUT2D eigenvalue weighted by molar-refractivity contribution is -0.115. The maximum atomic E-state index is 11.0. The highest BCUT2D eigenvalue weighted by molar-refractivity contribution is 5.94. The quantitative estimate of drug-likeness (QED) is 0.623. The molecular formula is C8H13NO. The van der Waals surface area contributed by atoms with Crippen molar-refractivity contribution in [1.29, 1.82) is 0 Å². The van der Waals surface area contributed by atoms with Crippen molar-refractivity contribution < 1.29 is 4.79 Å². The van der Waals surface area contributed by atoms with Gasteiger partial charge in [-0.25, -0.2) is 0 Å². The van der Waals surface area contributed by atoms with Crippen LogP contribution in [-0.2, 0) is 4.79 Å². The third-order valence-electron chi connectivity index (χ3n) is 1.67. The summed E-state index contributed by atoms with van der Waals surface area (Å²) in [6.07, 6.45) is 4.81. The first-order valence-electron chi connectivity index (χ1n) is 3.82. The summed E-state index contributed by atoms with van der Waals surface area (Å²) in [5.41, 5.74) is 0.828. The van der Waals surface area contributed by atoms with E-state index in [1.54, 1.807) is 0 Å². The summed E-state index contributed by atoms with van der Waals surface area (Å²) in [4.78, 5) is 11.0. The molecule has 1 aliphatic rings. The van der Waals surface area contributed by atoms with Gasteiger partial charge in [0.2, 0.25) is 0 Å². The van der Waals surface area contributed by atoms with Crippen molar-refractivity contribution in [3.8, 4) is 0 Å². The molecule has 10 heavy (non-hydrogen) atoms. The molecule has 0 aromatic heterocycles. The Balaban J connectivity index is 2.53. The minimum absolute atomic E-state index is 0.236. The smallest absolute Gasteiger partial charge is 0.178 e. The molecule has 0 saturated carbocycles. The van der Waals surface area contributed by atoms with Gasteiger partial charge >= 0.3 is 0 Å². The van der Waals surface area contributed by atoms with E-state index in [1.807, 2.05) is 13.0 Å². The van der Waals surface area contributed by atoms with Crippen LogP contribution < -0.4 is 5.32 Å². The van der Waals surface area contributed by atoms with E-state index >= 15 is 0 Å². The molecule has 2 heteroatoms. The third kappa shape index (κ3) is 1.59. The van der Waals surface area contributed by atoms with Crippen molar-refractivity contribution in [2.75, 3.05) is 6.54 Å². The normalized spacial score (nSPS) is 17.5. The Morgan fingerprint density at radius 3 is 3.10 bits per heavy atom. The molecule has 0 aliphatic carbocycles. The van der Waals surface area contributed by atoms with E-state index in [1.165, 1.54) is 0 Å². The zero-order chi connectivity index (χ0) is 7.40. The molecule has 0 aromatic carbocycles. The number of ketones is 1. The summed E-state index contributed by atoms with van der Waals surface area (Å²) in [7, 11) is 0. The second-order valence-corrected chi connectivity index (χ2v) is 2.46. The summed E-state index contributed by atoms with van der Waals surface area (Å²) in [5.74, 6) is 0.236. The SMILES string of the molecule is CCC(=O)C1=CCCCN1. The number of rotatable bonds is 2. The number of allylic oxidation sites excluding steroid dienone is 2. The Morgan fingerprint density at radius 1 is 1.80 bits per heavy atom. The second-order valence-electron chi connectivity index (χ2n) is 2.46. The molecule has 2 nitrogen and oxygen atoms in total. The van der Waals surface area contributed by atoms with Crippen LogP contribution in [-0.4, -0.2) is 12.3 Å². The number of nitrogens with one attached hydrogen (secondary N) is 1. The standard InChI is InChI=1S/C8H13NO/c1-2-8(10)7-5-3-4-6-9-7/h5,9H,2-4,6H2,1H3. The average molecular weight is 139 g/mol. The van der Waals surface area contributed by atoms with Crippen LogP contribution in [0.4, 0.5) is 0 Å². The van der Waals surface area contributed by atoms with Gasteiger partial charge in [0, 0.05) is 13.0 Å². The maximum Gasteiger partial charge on any atom is 0.178 e. The predicted molar refractivity (Wildman–Crippen MR) is 40.6 cm³/mol. The fourth-order valence-electron chi connectivity index (χ4n) is 1.05. The van der Waals surface area contributed by atoms with Crippen LogP contribution in [0, 0.1) is 0 Å². The second kappa shape index (κ2) is 3.40. The average Bonchev–Trinajstić information content (AvgIpc) is 2.05. The van der Waals surface area contributed by atoms with E-state index in [0.717, 1.165) is 25.1 Å². The molecule has 0 bridgehead atoms. The lowest BCUT2D eigenvalue weighted by atomic mass is 10.1. The number of hydrogen-bond donors (Lipinski definition) is 1. The van der Waals surface area contributed by atoms with Crippen LogP contribution in [0.25, 0.3) is 0 Å². The highest BCUT2D eigenvalue weighted by Crippen LogP contribution is 2.05. The summed E-state index contributed by atoms with van der Waals surface area (Å²) >= 11 is 0. The number of carbonyl (C=O) groups excluding carboxylic acids is 1. The first-order chi connectivity index (χ1) is 4.84. The Kier molecular flexibility index (Phi) is 2.49. The molecule has 0 unspecified atom stereocenters. The minimum atomic E-state index is 0.236. The van der Waals surface area contributed by atoms with Gasteiger partial charge in [-0.1, -0.05) is 13.0 Å².